The van der Waals surface area contributed by atoms with Crippen LogP contribution < -0.4 is 5.32 Å². The number of fused-ring (bicyclic) bond motifs is 1. The molecule has 1 saturated heterocycles. The first-order valence-corrected chi connectivity index (χ1v) is 3.64. The standard InChI is InChI=1S/C5H5NOS/c7-8-4-2-1-3-6-5(4)8/h1-3,5-6H. The third-order valence-electron chi connectivity index (χ3n) is 1.25. The van der Waals surface area contributed by atoms with Crippen molar-refractivity contribution in [1.29, 1.82) is 0 Å². The molecule has 2 unspecified atom stereocenters. The molecule has 0 bridgehead atoms. The highest BCUT2D eigenvalue weighted by Gasteiger charge is 2.40. The fourth-order valence-electron chi connectivity index (χ4n) is 0.758. The maximum atomic E-state index is 10.7. The maximum Gasteiger partial charge on any atom is 0.140 e. The van der Waals surface area contributed by atoms with Gasteiger partial charge in [-0.25, -0.2) is 0 Å². The number of hydrogen-bond donors (Lipinski definition) is 1. The second-order valence-corrected chi connectivity index (χ2v) is 3.31. The molecule has 2 rings (SSSR count). The highest BCUT2D eigenvalue weighted by Crippen LogP contribution is 2.31. The second-order valence-electron chi connectivity index (χ2n) is 1.77. The molecule has 3 heteroatoms. The van der Waals surface area contributed by atoms with Crippen LogP contribution in [0.2, 0.25) is 0 Å². The number of rotatable bonds is 0. The molecular formula is C5H5NOS. The fourth-order valence-corrected chi connectivity index (χ4v) is 1.78. The molecule has 0 amide bonds. The second kappa shape index (κ2) is 1.23. The third-order valence-corrected chi connectivity index (χ3v) is 2.65. The van der Waals surface area contributed by atoms with Gasteiger partial charge in [0.15, 0.2) is 0 Å². The highest BCUT2D eigenvalue weighted by atomic mass is 32.2. The summed E-state index contributed by atoms with van der Waals surface area (Å²) in [4.78, 5) is 1.03. The Hall–Kier alpha value is -0.570. The van der Waals surface area contributed by atoms with Crippen LogP contribution in [0.5, 0.6) is 0 Å². The first kappa shape index (κ1) is 4.32. The van der Waals surface area contributed by atoms with E-state index in [0.29, 0.717) is 0 Å². The Kier molecular flexibility index (Phi) is 0.663. The van der Waals surface area contributed by atoms with Crippen LogP contribution in [0.25, 0.3) is 0 Å². The number of allylic oxidation sites excluding steroid dienone is 2. The van der Waals surface area contributed by atoms with Crippen LogP contribution in [-0.4, -0.2) is 9.58 Å². The zero-order valence-electron chi connectivity index (χ0n) is 4.13. The Labute approximate surface area is 49.7 Å². The van der Waals surface area contributed by atoms with Crippen molar-refractivity contribution in [3.8, 4) is 0 Å². The van der Waals surface area contributed by atoms with E-state index in [1.807, 2.05) is 18.4 Å². The van der Waals surface area contributed by atoms with Crippen LogP contribution in [0.4, 0.5) is 0 Å². The van der Waals surface area contributed by atoms with Gasteiger partial charge in [-0.2, -0.15) is 0 Å². The predicted octanol–water partition coefficient (Wildman–Crippen LogP) is 0.0756. The van der Waals surface area contributed by atoms with Crippen LogP contribution in [0.1, 0.15) is 0 Å². The van der Waals surface area contributed by atoms with E-state index in [9.17, 15) is 4.21 Å². The molecule has 2 aliphatic heterocycles. The minimum absolute atomic E-state index is 0.167. The molecule has 0 aromatic heterocycles. The quantitative estimate of drug-likeness (QED) is 0.467. The van der Waals surface area contributed by atoms with Gasteiger partial charge in [-0.1, -0.05) is 0 Å². The van der Waals surface area contributed by atoms with Gasteiger partial charge in [0.25, 0.3) is 0 Å². The van der Waals surface area contributed by atoms with Crippen LogP contribution in [0.15, 0.2) is 23.3 Å². The fraction of sp³-hybridized carbons (Fsp3) is 0.200. The van der Waals surface area contributed by atoms with Gasteiger partial charge in [0.05, 0.1) is 15.7 Å². The van der Waals surface area contributed by atoms with E-state index in [1.54, 1.807) is 0 Å². The molecule has 0 spiro atoms. The minimum atomic E-state index is -0.687. The lowest BCUT2D eigenvalue weighted by molar-refractivity contribution is 0.691. The summed E-state index contributed by atoms with van der Waals surface area (Å²) in [5, 5.41) is 3.12. The smallest absolute Gasteiger partial charge is 0.140 e. The minimum Gasteiger partial charge on any atom is -0.373 e. The molecule has 0 aliphatic carbocycles. The summed E-state index contributed by atoms with van der Waals surface area (Å²) in [7, 11) is -0.687. The van der Waals surface area contributed by atoms with Gasteiger partial charge in [-0.3, -0.25) is 4.21 Å². The number of hydrogen-bond acceptors (Lipinski definition) is 2. The van der Waals surface area contributed by atoms with Gasteiger partial charge >= 0.3 is 0 Å². The SMILES string of the molecule is O=S1C2=CC=CNC21. The lowest BCUT2D eigenvalue weighted by Crippen LogP contribution is -2.09. The van der Waals surface area contributed by atoms with E-state index < -0.39 is 10.8 Å². The summed E-state index contributed by atoms with van der Waals surface area (Å²) in [6.07, 6.45) is 5.59. The zero-order valence-corrected chi connectivity index (χ0v) is 4.94. The van der Waals surface area contributed by atoms with Crippen molar-refractivity contribution in [1.82, 2.24) is 5.32 Å². The lowest BCUT2D eigenvalue weighted by atomic mass is 10.4. The van der Waals surface area contributed by atoms with Crippen molar-refractivity contribution in [2.75, 3.05) is 0 Å². The van der Waals surface area contributed by atoms with Crippen molar-refractivity contribution >= 4 is 10.8 Å². The van der Waals surface area contributed by atoms with Crippen molar-refractivity contribution in [2.45, 2.75) is 5.37 Å². The molecule has 0 saturated carbocycles. The van der Waals surface area contributed by atoms with Gasteiger partial charge in [-0.05, 0) is 18.4 Å². The summed E-state index contributed by atoms with van der Waals surface area (Å²) in [5.74, 6) is 0. The molecule has 2 heterocycles. The number of nitrogens with one attached hydrogen (secondary N) is 1. The van der Waals surface area contributed by atoms with E-state index in [1.165, 1.54) is 0 Å². The highest BCUT2D eigenvalue weighted by molar-refractivity contribution is 7.98. The molecule has 2 nitrogen and oxygen atoms in total. The molecule has 0 aromatic carbocycles. The van der Waals surface area contributed by atoms with Crippen LogP contribution in [-0.2, 0) is 10.8 Å². The van der Waals surface area contributed by atoms with E-state index >= 15 is 0 Å². The van der Waals surface area contributed by atoms with E-state index in [2.05, 4.69) is 5.32 Å². The van der Waals surface area contributed by atoms with Crippen molar-refractivity contribution in [3.63, 3.8) is 0 Å². The summed E-state index contributed by atoms with van der Waals surface area (Å²) in [6, 6.07) is 0. The maximum absolute atomic E-state index is 10.7. The van der Waals surface area contributed by atoms with Gasteiger partial charge in [0.2, 0.25) is 0 Å². The van der Waals surface area contributed by atoms with Gasteiger partial charge in [0.1, 0.15) is 5.37 Å². The molecule has 42 valence electrons. The lowest BCUT2D eigenvalue weighted by Gasteiger charge is -1.91. The summed E-state index contributed by atoms with van der Waals surface area (Å²) < 4.78 is 10.7. The van der Waals surface area contributed by atoms with Gasteiger partial charge < -0.3 is 5.32 Å². The Morgan fingerprint density at radius 2 is 2.62 bits per heavy atom. The zero-order chi connectivity index (χ0) is 5.56. The third kappa shape index (κ3) is 0.395. The first-order chi connectivity index (χ1) is 3.89. The van der Waals surface area contributed by atoms with E-state index in [0.717, 1.165) is 4.91 Å². The summed E-state index contributed by atoms with van der Waals surface area (Å²) >= 11 is 0. The molecule has 0 aromatic rings. The Balaban J connectivity index is 2.38. The average Bonchev–Trinajstić information content (AvgIpc) is 2.46. The molecular weight excluding hydrogens is 122 g/mol. The molecule has 0 radical (unpaired) electrons. The molecule has 1 fully saturated rings. The Morgan fingerprint density at radius 3 is 3.12 bits per heavy atom. The van der Waals surface area contributed by atoms with Crippen LogP contribution in [0, 0.1) is 0 Å². The largest absolute Gasteiger partial charge is 0.373 e. The predicted molar refractivity (Wildman–Crippen MR) is 32.3 cm³/mol. The van der Waals surface area contributed by atoms with Crippen molar-refractivity contribution in [2.24, 2.45) is 0 Å². The molecule has 2 atom stereocenters. The van der Waals surface area contributed by atoms with Gasteiger partial charge in [0, 0.05) is 0 Å². The monoisotopic (exact) mass is 127 g/mol. The molecule has 1 N–H and O–H groups in total. The number of dihydropyridines is 1. The van der Waals surface area contributed by atoms with Gasteiger partial charge in [-0.15, -0.1) is 0 Å². The normalized spacial score (nSPS) is 39.8. The van der Waals surface area contributed by atoms with Crippen LogP contribution in [0.3, 0.4) is 0 Å². The molecule has 2 aliphatic rings. The first-order valence-electron chi connectivity index (χ1n) is 2.43. The Morgan fingerprint density at radius 1 is 1.75 bits per heavy atom. The van der Waals surface area contributed by atoms with Crippen molar-refractivity contribution in [3.05, 3.63) is 23.3 Å². The Bertz CT molecular complexity index is 206. The van der Waals surface area contributed by atoms with Crippen molar-refractivity contribution < 1.29 is 4.21 Å². The summed E-state index contributed by atoms with van der Waals surface area (Å²) in [6.45, 7) is 0. The summed E-state index contributed by atoms with van der Waals surface area (Å²) in [5.41, 5.74) is 0. The van der Waals surface area contributed by atoms with E-state index in [4.69, 9.17) is 0 Å². The average molecular weight is 127 g/mol. The van der Waals surface area contributed by atoms with E-state index in [-0.39, 0.29) is 5.37 Å². The molecule has 8 heavy (non-hydrogen) atoms. The van der Waals surface area contributed by atoms with Crippen LogP contribution >= 0.6 is 0 Å². The topological polar surface area (TPSA) is 29.1 Å².